The highest BCUT2D eigenvalue weighted by atomic mass is 32.1. The molecule has 1 saturated heterocycles. The van der Waals surface area contributed by atoms with Crippen LogP contribution in [0.3, 0.4) is 0 Å². The number of nitrogens with zero attached hydrogens (tertiary/aromatic N) is 4. The van der Waals surface area contributed by atoms with Crippen molar-refractivity contribution in [2.75, 3.05) is 39.8 Å². The number of aromatic nitrogens is 1. The maximum Gasteiger partial charge on any atom is 0.236 e. The van der Waals surface area contributed by atoms with Crippen LogP contribution in [0.15, 0.2) is 54.6 Å². The minimum Gasteiger partial charge on any atom is -0.340 e. The minimum atomic E-state index is 0.184. The van der Waals surface area contributed by atoms with E-state index < -0.39 is 0 Å². The molecule has 0 spiro atoms. The minimum absolute atomic E-state index is 0.184. The van der Waals surface area contributed by atoms with Crippen LogP contribution in [0.4, 0.5) is 0 Å². The van der Waals surface area contributed by atoms with Gasteiger partial charge in [0.15, 0.2) is 0 Å². The number of carbonyl (C=O) groups excluding carboxylic acids is 1. The van der Waals surface area contributed by atoms with E-state index in [1.54, 1.807) is 11.3 Å². The lowest BCUT2D eigenvalue weighted by atomic mass is 10.2. The number of likely N-dealkylation sites (N-methyl/N-ethyl adjacent to an activating group) is 1. The van der Waals surface area contributed by atoms with E-state index in [0.29, 0.717) is 13.1 Å². The number of carbonyl (C=O) groups is 1. The monoisotopic (exact) mass is 394 g/mol. The predicted molar refractivity (Wildman–Crippen MR) is 114 cm³/mol. The predicted octanol–water partition coefficient (Wildman–Crippen LogP) is 3.07. The topological polar surface area (TPSA) is 39.7 Å². The summed E-state index contributed by atoms with van der Waals surface area (Å²) in [6.45, 7) is 5.87. The second-order valence-electron chi connectivity index (χ2n) is 7.36. The van der Waals surface area contributed by atoms with Gasteiger partial charge in [-0.1, -0.05) is 42.5 Å². The van der Waals surface area contributed by atoms with Gasteiger partial charge in [-0.2, -0.15) is 0 Å². The van der Waals surface area contributed by atoms with Gasteiger partial charge in [-0.15, -0.1) is 11.3 Å². The van der Waals surface area contributed by atoms with Crippen molar-refractivity contribution in [3.8, 4) is 0 Å². The van der Waals surface area contributed by atoms with Gasteiger partial charge in [-0.05, 0) is 17.7 Å². The second kappa shape index (κ2) is 8.82. The number of piperazine rings is 1. The van der Waals surface area contributed by atoms with Gasteiger partial charge in [0.05, 0.1) is 23.3 Å². The fourth-order valence-corrected chi connectivity index (χ4v) is 4.55. The van der Waals surface area contributed by atoms with Gasteiger partial charge in [0, 0.05) is 39.8 Å². The van der Waals surface area contributed by atoms with Gasteiger partial charge in [0.25, 0.3) is 0 Å². The summed E-state index contributed by atoms with van der Waals surface area (Å²) in [5.74, 6) is 0.184. The molecular weight excluding hydrogens is 368 g/mol. The van der Waals surface area contributed by atoms with Gasteiger partial charge in [0.1, 0.15) is 5.01 Å². The van der Waals surface area contributed by atoms with E-state index in [0.717, 1.165) is 38.2 Å². The molecule has 0 unspecified atom stereocenters. The van der Waals surface area contributed by atoms with Crippen molar-refractivity contribution in [1.82, 2.24) is 19.7 Å². The summed E-state index contributed by atoms with van der Waals surface area (Å²) in [5.41, 5.74) is 2.26. The van der Waals surface area contributed by atoms with E-state index in [4.69, 9.17) is 4.98 Å². The first-order chi connectivity index (χ1) is 13.7. The number of amides is 1. The van der Waals surface area contributed by atoms with Gasteiger partial charge in [0.2, 0.25) is 5.91 Å². The van der Waals surface area contributed by atoms with Crippen LogP contribution in [-0.2, 0) is 17.9 Å². The summed E-state index contributed by atoms with van der Waals surface area (Å²) in [6, 6.07) is 18.5. The standard InChI is InChI=1S/C22H26N4OS/c1-24(15-18-7-3-2-4-8-18)22(27)17-26-13-11-25(12-14-26)16-21-23-19-9-5-6-10-20(19)28-21/h2-10H,11-17H2,1H3. The highest BCUT2D eigenvalue weighted by Gasteiger charge is 2.21. The lowest BCUT2D eigenvalue weighted by Crippen LogP contribution is -2.49. The largest absolute Gasteiger partial charge is 0.340 e. The summed E-state index contributed by atoms with van der Waals surface area (Å²) in [6.07, 6.45) is 0. The average Bonchev–Trinajstić information content (AvgIpc) is 3.12. The maximum atomic E-state index is 12.5. The van der Waals surface area contributed by atoms with Crippen molar-refractivity contribution in [2.45, 2.75) is 13.1 Å². The first kappa shape index (κ1) is 19.1. The number of hydrogen-bond donors (Lipinski definition) is 0. The van der Waals surface area contributed by atoms with Crippen LogP contribution in [0.5, 0.6) is 0 Å². The van der Waals surface area contributed by atoms with E-state index in [9.17, 15) is 4.79 Å². The summed E-state index contributed by atoms with van der Waals surface area (Å²) >= 11 is 1.78. The van der Waals surface area contributed by atoms with E-state index in [1.807, 2.05) is 36.2 Å². The van der Waals surface area contributed by atoms with E-state index in [1.165, 1.54) is 15.3 Å². The number of thiazole rings is 1. The van der Waals surface area contributed by atoms with Crippen LogP contribution < -0.4 is 0 Å². The number of benzene rings is 2. The zero-order chi connectivity index (χ0) is 19.3. The second-order valence-corrected chi connectivity index (χ2v) is 8.48. The van der Waals surface area contributed by atoms with Gasteiger partial charge < -0.3 is 4.90 Å². The molecular formula is C22H26N4OS. The quantitative estimate of drug-likeness (QED) is 0.644. The third-order valence-corrected chi connectivity index (χ3v) is 6.23. The Labute approximate surface area is 170 Å². The van der Waals surface area contributed by atoms with Crippen LogP contribution in [0, 0.1) is 0 Å². The first-order valence-electron chi connectivity index (χ1n) is 9.74. The van der Waals surface area contributed by atoms with Crippen molar-refractivity contribution >= 4 is 27.5 Å². The Morgan fingerprint density at radius 1 is 1.00 bits per heavy atom. The van der Waals surface area contributed by atoms with Crippen molar-refractivity contribution in [3.63, 3.8) is 0 Å². The summed E-state index contributed by atoms with van der Waals surface area (Å²) in [4.78, 5) is 23.8. The maximum absolute atomic E-state index is 12.5. The van der Waals surface area contributed by atoms with E-state index >= 15 is 0 Å². The van der Waals surface area contributed by atoms with Crippen LogP contribution in [0.1, 0.15) is 10.6 Å². The zero-order valence-electron chi connectivity index (χ0n) is 16.3. The Morgan fingerprint density at radius 3 is 2.43 bits per heavy atom. The highest BCUT2D eigenvalue weighted by Crippen LogP contribution is 2.23. The van der Waals surface area contributed by atoms with Gasteiger partial charge in [-0.3, -0.25) is 14.6 Å². The van der Waals surface area contributed by atoms with Crippen molar-refractivity contribution < 1.29 is 4.79 Å². The van der Waals surface area contributed by atoms with Crippen molar-refractivity contribution in [2.24, 2.45) is 0 Å². The van der Waals surface area contributed by atoms with Crippen LogP contribution in [0.25, 0.3) is 10.2 Å². The SMILES string of the molecule is CN(Cc1ccccc1)C(=O)CN1CCN(Cc2nc3ccccc3s2)CC1. The van der Waals surface area contributed by atoms with E-state index in [2.05, 4.69) is 40.1 Å². The van der Waals surface area contributed by atoms with Gasteiger partial charge in [-0.25, -0.2) is 4.98 Å². The molecule has 3 aromatic rings. The molecule has 0 bridgehead atoms. The van der Waals surface area contributed by atoms with E-state index in [-0.39, 0.29) is 5.91 Å². The molecule has 0 N–H and O–H groups in total. The first-order valence-corrected chi connectivity index (χ1v) is 10.6. The molecule has 1 aliphatic heterocycles. The third kappa shape index (κ3) is 4.76. The molecule has 0 aliphatic carbocycles. The van der Waals surface area contributed by atoms with Crippen LogP contribution in [0.2, 0.25) is 0 Å². The molecule has 5 nitrogen and oxygen atoms in total. The molecule has 2 aromatic carbocycles. The summed E-state index contributed by atoms with van der Waals surface area (Å²) in [7, 11) is 1.89. The molecule has 4 rings (SSSR count). The molecule has 1 amide bonds. The number of hydrogen-bond acceptors (Lipinski definition) is 5. The Kier molecular flexibility index (Phi) is 6.00. The Balaban J connectivity index is 1.24. The zero-order valence-corrected chi connectivity index (χ0v) is 17.1. The molecule has 2 heterocycles. The molecule has 0 saturated carbocycles. The number of para-hydroxylation sites is 1. The average molecular weight is 395 g/mol. The Bertz CT molecular complexity index is 885. The molecule has 6 heteroatoms. The molecule has 28 heavy (non-hydrogen) atoms. The normalized spacial score (nSPS) is 15.8. The molecule has 146 valence electrons. The summed E-state index contributed by atoms with van der Waals surface area (Å²) in [5, 5.41) is 1.17. The van der Waals surface area contributed by atoms with Crippen LogP contribution in [-0.4, -0.2) is 65.4 Å². The van der Waals surface area contributed by atoms with Crippen molar-refractivity contribution in [3.05, 3.63) is 65.2 Å². The van der Waals surface area contributed by atoms with Crippen LogP contribution >= 0.6 is 11.3 Å². The van der Waals surface area contributed by atoms with Gasteiger partial charge >= 0.3 is 0 Å². The smallest absolute Gasteiger partial charge is 0.236 e. The van der Waals surface area contributed by atoms with Crippen molar-refractivity contribution in [1.29, 1.82) is 0 Å². The third-order valence-electron chi connectivity index (χ3n) is 5.21. The highest BCUT2D eigenvalue weighted by molar-refractivity contribution is 7.18. The summed E-state index contributed by atoms with van der Waals surface area (Å²) < 4.78 is 1.25. The number of rotatable bonds is 6. The fraction of sp³-hybridized carbons (Fsp3) is 0.364. The number of fused-ring (bicyclic) bond motifs is 1. The molecule has 1 fully saturated rings. The Morgan fingerprint density at radius 2 is 1.68 bits per heavy atom. The lowest BCUT2D eigenvalue weighted by Gasteiger charge is -2.34. The molecule has 1 aromatic heterocycles. The molecule has 1 aliphatic rings. The molecule has 0 atom stereocenters. The fourth-order valence-electron chi connectivity index (χ4n) is 3.54. The Hall–Kier alpha value is -2.28. The molecule has 0 radical (unpaired) electrons. The lowest BCUT2D eigenvalue weighted by molar-refractivity contribution is -0.132.